The number of benzene rings is 1. The minimum Gasteiger partial charge on any atom is -0.462 e. The fourth-order valence-corrected chi connectivity index (χ4v) is 2.99. The molecule has 1 amide bonds. The number of pyridine rings is 1. The van der Waals surface area contributed by atoms with Gasteiger partial charge in [-0.15, -0.1) is 0 Å². The van der Waals surface area contributed by atoms with E-state index < -0.39 is 29.3 Å². The molecule has 0 bridgehead atoms. The Kier molecular flexibility index (Phi) is 6.47. The van der Waals surface area contributed by atoms with Crippen molar-refractivity contribution in [1.29, 1.82) is 0 Å². The monoisotopic (exact) mass is 447 g/mol. The Balaban J connectivity index is 1.88. The zero-order valence-corrected chi connectivity index (χ0v) is 17.5. The van der Waals surface area contributed by atoms with Gasteiger partial charge in [-0.1, -0.05) is 0 Å². The van der Waals surface area contributed by atoms with Crippen LogP contribution in [0.25, 0.3) is 5.69 Å². The lowest BCUT2D eigenvalue weighted by molar-refractivity contribution is -0.143. The van der Waals surface area contributed by atoms with Crippen LogP contribution in [0.2, 0.25) is 0 Å². The van der Waals surface area contributed by atoms with Gasteiger partial charge in [0.1, 0.15) is 11.4 Å². The first-order valence-corrected chi connectivity index (χ1v) is 9.50. The average molecular weight is 447 g/mol. The number of hydrogen-bond donors (Lipinski definition) is 1. The van der Waals surface area contributed by atoms with Crippen molar-refractivity contribution in [1.82, 2.24) is 14.8 Å². The van der Waals surface area contributed by atoms with Gasteiger partial charge in [-0.25, -0.2) is 14.5 Å². The smallest absolute Gasteiger partial charge is 0.434 e. The third-order valence-corrected chi connectivity index (χ3v) is 4.36. The Morgan fingerprint density at radius 1 is 1.12 bits per heavy atom. The van der Waals surface area contributed by atoms with Gasteiger partial charge < -0.3 is 15.0 Å². The van der Waals surface area contributed by atoms with Crippen molar-refractivity contribution in [2.24, 2.45) is 0 Å². The molecule has 0 aliphatic heterocycles. The zero-order chi connectivity index (χ0) is 23.5. The number of esters is 1. The number of anilines is 2. The Morgan fingerprint density at radius 3 is 2.41 bits per heavy atom. The van der Waals surface area contributed by atoms with E-state index in [1.165, 1.54) is 31.2 Å². The van der Waals surface area contributed by atoms with Gasteiger partial charge in [0.2, 0.25) is 0 Å². The molecular formula is C21H20F3N5O3. The lowest BCUT2D eigenvalue weighted by Crippen LogP contribution is -2.20. The molecule has 8 nitrogen and oxygen atoms in total. The van der Waals surface area contributed by atoms with E-state index in [1.807, 2.05) is 0 Å². The highest BCUT2D eigenvalue weighted by Crippen LogP contribution is 2.34. The van der Waals surface area contributed by atoms with Gasteiger partial charge in [-0.05, 0) is 43.3 Å². The quantitative estimate of drug-likeness (QED) is 0.579. The highest BCUT2D eigenvalue weighted by molar-refractivity contribution is 6.07. The van der Waals surface area contributed by atoms with Crippen LogP contribution in [0.5, 0.6) is 0 Å². The molecule has 1 N–H and O–H groups in total. The summed E-state index contributed by atoms with van der Waals surface area (Å²) in [6, 6.07) is 8.81. The summed E-state index contributed by atoms with van der Waals surface area (Å²) >= 11 is 0. The van der Waals surface area contributed by atoms with E-state index in [1.54, 1.807) is 37.3 Å². The number of alkyl halides is 3. The van der Waals surface area contributed by atoms with Crippen LogP contribution in [0.1, 0.15) is 33.3 Å². The highest BCUT2D eigenvalue weighted by atomic mass is 19.4. The van der Waals surface area contributed by atoms with E-state index in [9.17, 15) is 22.8 Å². The molecule has 0 spiro atoms. The van der Waals surface area contributed by atoms with Crippen LogP contribution >= 0.6 is 0 Å². The summed E-state index contributed by atoms with van der Waals surface area (Å²) in [7, 11) is 3.50. The normalized spacial score (nSPS) is 11.2. The number of rotatable bonds is 6. The number of aromatic nitrogens is 3. The van der Waals surface area contributed by atoms with E-state index in [0.29, 0.717) is 21.8 Å². The third-order valence-electron chi connectivity index (χ3n) is 4.36. The SMILES string of the molecule is CCOC(=O)c1cnn(-c2ccc(NC(=O)c3cccnc3N(C)C)cc2)c1C(F)(F)F. The first-order valence-electron chi connectivity index (χ1n) is 9.50. The maximum atomic E-state index is 13.6. The minimum absolute atomic E-state index is 0.0567. The predicted octanol–water partition coefficient (Wildman–Crippen LogP) is 3.78. The first kappa shape index (κ1) is 22.8. The Hall–Kier alpha value is -3.89. The highest BCUT2D eigenvalue weighted by Gasteiger charge is 2.41. The topological polar surface area (TPSA) is 89.3 Å². The number of halogens is 3. The molecule has 11 heteroatoms. The summed E-state index contributed by atoms with van der Waals surface area (Å²) in [5, 5.41) is 6.41. The predicted molar refractivity (Wildman–Crippen MR) is 111 cm³/mol. The van der Waals surface area contributed by atoms with Crippen LogP contribution < -0.4 is 10.2 Å². The Labute approximate surface area is 181 Å². The number of carbonyl (C=O) groups excluding carboxylic acids is 2. The molecular weight excluding hydrogens is 427 g/mol. The summed E-state index contributed by atoms with van der Waals surface area (Å²) < 4.78 is 46.2. The lowest BCUT2D eigenvalue weighted by Gasteiger charge is -2.16. The first-order chi connectivity index (χ1) is 15.1. The summed E-state index contributed by atoms with van der Waals surface area (Å²) in [6.45, 7) is 1.43. The van der Waals surface area contributed by atoms with Crippen LogP contribution in [0.3, 0.4) is 0 Å². The van der Waals surface area contributed by atoms with Crippen molar-refractivity contribution in [3.8, 4) is 5.69 Å². The number of carbonyl (C=O) groups is 2. The number of ether oxygens (including phenoxy) is 1. The second-order valence-corrected chi connectivity index (χ2v) is 6.81. The number of nitrogens with zero attached hydrogens (tertiary/aromatic N) is 4. The van der Waals surface area contributed by atoms with Gasteiger partial charge in [-0.2, -0.15) is 18.3 Å². The number of nitrogens with one attached hydrogen (secondary N) is 1. The van der Waals surface area contributed by atoms with E-state index >= 15 is 0 Å². The molecule has 0 unspecified atom stereocenters. The Bertz CT molecular complexity index is 1120. The molecule has 3 rings (SSSR count). The van der Waals surface area contributed by atoms with E-state index in [0.717, 1.165) is 6.20 Å². The number of amides is 1. The largest absolute Gasteiger partial charge is 0.462 e. The molecule has 168 valence electrons. The molecule has 0 aliphatic carbocycles. The fraction of sp³-hybridized carbons (Fsp3) is 0.238. The second kappa shape index (κ2) is 9.08. The molecule has 0 aliphatic rings. The van der Waals surface area contributed by atoms with Crippen LogP contribution in [-0.4, -0.2) is 47.3 Å². The van der Waals surface area contributed by atoms with Crippen molar-refractivity contribution in [3.05, 3.63) is 65.6 Å². The van der Waals surface area contributed by atoms with E-state index in [4.69, 9.17) is 4.74 Å². The summed E-state index contributed by atoms with van der Waals surface area (Å²) in [5.41, 5.74) is -1.16. The van der Waals surface area contributed by atoms with Gasteiger partial charge in [0, 0.05) is 26.0 Å². The van der Waals surface area contributed by atoms with Gasteiger partial charge >= 0.3 is 12.1 Å². The molecule has 2 heterocycles. The third kappa shape index (κ3) is 4.71. The molecule has 0 fully saturated rings. The number of hydrogen-bond acceptors (Lipinski definition) is 6. The van der Waals surface area contributed by atoms with E-state index in [2.05, 4.69) is 15.4 Å². The van der Waals surface area contributed by atoms with Crippen molar-refractivity contribution in [3.63, 3.8) is 0 Å². The van der Waals surface area contributed by atoms with Crippen LogP contribution in [-0.2, 0) is 10.9 Å². The maximum Gasteiger partial charge on any atom is 0.434 e. The zero-order valence-electron chi connectivity index (χ0n) is 17.5. The average Bonchev–Trinajstić information content (AvgIpc) is 3.20. The minimum atomic E-state index is -4.84. The molecule has 0 radical (unpaired) electrons. The lowest BCUT2D eigenvalue weighted by atomic mass is 10.2. The van der Waals surface area contributed by atoms with Gasteiger partial charge in [0.05, 0.1) is 24.1 Å². The van der Waals surface area contributed by atoms with Crippen molar-refractivity contribution < 1.29 is 27.5 Å². The van der Waals surface area contributed by atoms with Crippen LogP contribution in [0, 0.1) is 0 Å². The van der Waals surface area contributed by atoms with Crippen molar-refractivity contribution in [2.45, 2.75) is 13.1 Å². The van der Waals surface area contributed by atoms with Gasteiger partial charge in [0.15, 0.2) is 5.69 Å². The molecule has 32 heavy (non-hydrogen) atoms. The second-order valence-electron chi connectivity index (χ2n) is 6.81. The van der Waals surface area contributed by atoms with E-state index in [-0.39, 0.29) is 12.3 Å². The summed E-state index contributed by atoms with van der Waals surface area (Å²) in [4.78, 5) is 30.4. The van der Waals surface area contributed by atoms with Crippen LogP contribution in [0.15, 0.2) is 48.8 Å². The molecule has 0 saturated carbocycles. The van der Waals surface area contributed by atoms with Crippen molar-refractivity contribution in [2.75, 3.05) is 30.9 Å². The molecule has 1 aromatic carbocycles. The Morgan fingerprint density at radius 2 is 1.81 bits per heavy atom. The summed E-state index contributed by atoms with van der Waals surface area (Å²) in [5.74, 6) is -1.06. The fourth-order valence-electron chi connectivity index (χ4n) is 2.99. The summed E-state index contributed by atoms with van der Waals surface area (Å²) in [6.07, 6.45) is -2.45. The molecule has 0 saturated heterocycles. The maximum absolute atomic E-state index is 13.6. The van der Waals surface area contributed by atoms with Gasteiger partial charge in [-0.3, -0.25) is 4.79 Å². The van der Waals surface area contributed by atoms with Gasteiger partial charge in [0.25, 0.3) is 5.91 Å². The van der Waals surface area contributed by atoms with Crippen LogP contribution in [0.4, 0.5) is 24.7 Å². The molecule has 3 aromatic rings. The molecule has 0 atom stereocenters. The van der Waals surface area contributed by atoms with Crippen molar-refractivity contribution >= 4 is 23.4 Å². The standard InChI is InChI=1S/C21H20F3N5O3/c1-4-32-20(31)16-12-26-29(17(16)21(22,23)24)14-9-7-13(8-10-14)27-19(30)15-6-5-11-25-18(15)28(2)3/h5-12H,4H2,1-3H3,(H,27,30). The molecule has 2 aromatic heterocycles.